The number of hydrogen-bond donors (Lipinski definition) is 1. The minimum atomic E-state index is -0.671. The Hall–Kier alpha value is -1.31. The van der Waals surface area contributed by atoms with E-state index in [2.05, 4.69) is 43.4 Å². The fourth-order valence-corrected chi connectivity index (χ4v) is 2.21. The molecule has 0 fully saturated rings. The second kappa shape index (κ2) is 17.7. The van der Waals surface area contributed by atoms with E-state index >= 15 is 0 Å². The number of hydrogen-bond acceptors (Lipinski definition) is 1. The Balaban J connectivity index is 3.21. The van der Waals surface area contributed by atoms with Crippen molar-refractivity contribution >= 4 is 5.97 Å². The summed E-state index contributed by atoms with van der Waals surface area (Å²) >= 11 is 0. The van der Waals surface area contributed by atoms with Crippen LogP contribution in [0, 0.1) is 0 Å². The maximum absolute atomic E-state index is 10.3. The average Bonchev–Trinajstić information content (AvgIpc) is 2.50. The summed E-state index contributed by atoms with van der Waals surface area (Å²) in [7, 11) is 0. The van der Waals surface area contributed by atoms with Gasteiger partial charge in [0.05, 0.1) is 0 Å². The first-order valence-corrected chi connectivity index (χ1v) is 8.94. The van der Waals surface area contributed by atoms with Crippen LogP contribution in [0.3, 0.4) is 0 Å². The molecule has 0 heterocycles. The molecule has 0 aromatic rings. The van der Waals surface area contributed by atoms with Crippen LogP contribution < -0.4 is 0 Å². The summed E-state index contributed by atoms with van der Waals surface area (Å²) in [4.78, 5) is 10.3. The molecule has 0 saturated carbocycles. The summed E-state index contributed by atoms with van der Waals surface area (Å²) in [6.45, 7) is 2.16. The Labute approximate surface area is 137 Å². The Morgan fingerprint density at radius 2 is 1.27 bits per heavy atom. The number of allylic oxidation sites excluding steroid dienone is 6. The van der Waals surface area contributed by atoms with Crippen molar-refractivity contribution in [1.82, 2.24) is 0 Å². The highest BCUT2D eigenvalue weighted by molar-refractivity contribution is 5.66. The second-order valence-corrected chi connectivity index (χ2v) is 5.69. The molecule has 2 nitrogen and oxygen atoms in total. The van der Waals surface area contributed by atoms with Gasteiger partial charge in [-0.2, -0.15) is 0 Å². The third-order valence-electron chi connectivity index (χ3n) is 3.51. The van der Waals surface area contributed by atoms with Crippen molar-refractivity contribution in [2.45, 2.75) is 84.0 Å². The van der Waals surface area contributed by atoms with Crippen LogP contribution in [0.2, 0.25) is 0 Å². The lowest BCUT2D eigenvalue weighted by Gasteiger charge is -1.98. The number of carbonyl (C=O) groups is 1. The maximum atomic E-state index is 10.3. The molecule has 1 N–H and O–H groups in total. The molecule has 0 radical (unpaired) electrons. The molecule has 126 valence electrons. The summed E-state index contributed by atoms with van der Waals surface area (Å²) in [5, 5.41) is 8.52. The smallest absolute Gasteiger partial charge is 0.303 e. The summed E-state index contributed by atoms with van der Waals surface area (Å²) in [5.74, 6) is -0.671. The number of unbranched alkanes of at least 4 members (excludes halogenated alkanes) is 7. The van der Waals surface area contributed by atoms with Gasteiger partial charge >= 0.3 is 5.97 Å². The van der Waals surface area contributed by atoms with Crippen molar-refractivity contribution in [3.63, 3.8) is 0 Å². The van der Waals surface area contributed by atoms with E-state index in [-0.39, 0.29) is 0 Å². The van der Waals surface area contributed by atoms with Gasteiger partial charge in [0.25, 0.3) is 0 Å². The van der Waals surface area contributed by atoms with Crippen LogP contribution in [0.4, 0.5) is 0 Å². The van der Waals surface area contributed by atoms with Crippen LogP contribution in [-0.2, 0) is 4.79 Å². The van der Waals surface area contributed by atoms with Gasteiger partial charge in [0.1, 0.15) is 0 Å². The lowest BCUT2D eigenvalue weighted by Crippen LogP contribution is -1.93. The van der Waals surface area contributed by atoms with E-state index in [1.165, 1.54) is 38.5 Å². The molecule has 0 unspecified atom stereocenters. The Morgan fingerprint density at radius 1 is 0.727 bits per heavy atom. The van der Waals surface area contributed by atoms with Gasteiger partial charge in [0.2, 0.25) is 0 Å². The van der Waals surface area contributed by atoms with Gasteiger partial charge in [-0.3, -0.25) is 4.79 Å². The minimum absolute atomic E-state index is 0.323. The van der Waals surface area contributed by atoms with E-state index < -0.39 is 5.97 Å². The molecule has 0 aromatic heterocycles. The molecule has 0 amide bonds. The van der Waals surface area contributed by atoms with Gasteiger partial charge in [0.15, 0.2) is 0 Å². The average molecular weight is 306 g/mol. The standard InChI is InChI=1S/C20H34O2/c1-2-3-4-5-6-7-8-9-10-11-12-13-14-15-16-17-18-19-20(21)22/h3-4,6-7,11-12H,2,5,8-10,13-19H2,1H3,(H,21,22). The molecule has 0 aliphatic heterocycles. The second-order valence-electron chi connectivity index (χ2n) is 5.69. The highest BCUT2D eigenvalue weighted by Crippen LogP contribution is 2.08. The van der Waals surface area contributed by atoms with Crippen LogP contribution >= 0.6 is 0 Å². The van der Waals surface area contributed by atoms with Gasteiger partial charge in [0, 0.05) is 6.42 Å². The maximum Gasteiger partial charge on any atom is 0.303 e. The number of carboxylic acids is 1. The zero-order valence-corrected chi connectivity index (χ0v) is 14.3. The monoisotopic (exact) mass is 306 g/mol. The summed E-state index contributed by atoms with van der Waals surface area (Å²) < 4.78 is 0. The molecular formula is C20H34O2. The van der Waals surface area contributed by atoms with Crippen LogP contribution in [0.25, 0.3) is 0 Å². The molecule has 0 spiro atoms. The quantitative estimate of drug-likeness (QED) is 0.279. The van der Waals surface area contributed by atoms with Crippen molar-refractivity contribution in [2.75, 3.05) is 0 Å². The van der Waals surface area contributed by atoms with Crippen LogP contribution in [-0.4, -0.2) is 11.1 Å². The molecule has 0 saturated heterocycles. The van der Waals surface area contributed by atoms with Crippen LogP contribution in [0.15, 0.2) is 36.5 Å². The normalized spacial score (nSPS) is 12.0. The van der Waals surface area contributed by atoms with Gasteiger partial charge < -0.3 is 5.11 Å². The summed E-state index contributed by atoms with van der Waals surface area (Å²) in [6.07, 6.45) is 26.3. The lowest BCUT2D eigenvalue weighted by molar-refractivity contribution is -0.137. The largest absolute Gasteiger partial charge is 0.481 e. The predicted molar refractivity (Wildman–Crippen MR) is 96.1 cm³/mol. The van der Waals surface area contributed by atoms with Gasteiger partial charge in [-0.25, -0.2) is 0 Å². The highest BCUT2D eigenvalue weighted by atomic mass is 16.4. The van der Waals surface area contributed by atoms with Crippen LogP contribution in [0.1, 0.15) is 84.0 Å². The summed E-state index contributed by atoms with van der Waals surface area (Å²) in [6, 6.07) is 0. The van der Waals surface area contributed by atoms with E-state index in [4.69, 9.17) is 5.11 Å². The first-order chi connectivity index (χ1) is 10.8. The fraction of sp³-hybridized carbons (Fsp3) is 0.650. The first kappa shape index (κ1) is 20.7. The summed E-state index contributed by atoms with van der Waals surface area (Å²) in [5.41, 5.74) is 0. The Kier molecular flexibility index (Phi) is 16.7. The third-order valence-corrected chi connectivity index (χ3v) is 3.51. The van der Waals surface area contributed by atoms with Crippen molar-refractivity contribution < 1.29 is 9.90 Å². The molecule has 0 aromatic carbocycles. The first-order valence-electron chi connectivity index (χ1n) is 8.94. The lowest BCUT2D eigenvalue weighted by atomic mass is 10.1. The Bertz CT molecular complexity index is 327. The van der Waals surface area contributed by atoms with Crippen molar-refractivity contribution in [3.05, 3.63) is 36.5 Å². The number of aliphatic carboxylic acids is 1. The molecule has 0 aliphatic carbocycles. The van der Waals surface area contributed by atoms with Crippen LogP contribution in [0.5, 0.6) is 0 Å². The van der Waals surface area contributed by atoms with Crippen molar-refractivity contribution in [3.8, 4) is 0 Å². The van der Waals surface area contributed by atoms with Crippen molar-refractivity contribution in [1.29, 1.82) is 0 Å². The molecule has 0 atom stereocenters. The molecule has 0 aliphatic rings. The highest BCUT2D eigenvalue weighted by Gasteiger charge is 1.95. The van der Waals surface area contributed by atoms with E-state index in [1.54, 1.807) is 0 Å². The van der Waals surface area contributed by atoms with E-state index in [9.17, 15) is 4.79 Å². The van der Waals surface area contributed by atoms with Gasteiger partial charge in [-0.1, -0.05) is 62.6 Å². The predicted octanol–water partition coefficient (Wildman–Crippen LogP) is 6.44. The van der Waals surface area contributed by atoms with Gasteiger partial charge in [-0.15, -0.1) is 0 Å². The molecular weight excluding hydrogens is 272 g/mol. The molecule has 0 rings (SSSR count). The topological polar surface area (TPSA) is 37.3 Å². The number of rotatable bonds is 15. The zero-order chi connectivity index (χ0) is 16.3. The fourth-order valence-electron chi connectivity index (χ4n) is 2.21. The molecule has 2 heteroatoms. The number of carboxylic acid groups (broad SMARTS) is 1. The van der Waals surface area contributed by atoms with E-state index in [1.807, 2.05) is 0 Å². The van der Waals surface area contributed by atoms with E-state index in [0.717, 1.165) is 32.1 Å². The minimum Gasteiger partial charge on any atom is -0.481 e. The van der Waals surface area contributed by atoms with Crippen molar-refractivity contribution in [2.24, 2.45) is 0 Å². The van der Waals surface area contributed by atoms with Gasteiger partial charge in [-0.05, 0) is 51.4 Å². The third kappa shape index (κ3) is 18.7. The van der Waals surface area contributed by atoms with E-state index in [0.29, 0.717) is 6.42 Å². The zero-order valence-electron chi connectivity index (χ0n) is 14.3. The molecule has 0 bridgehead atoms. The Morgan fingerprint density at radius 3 is 1.95 bits per heavy atom. The molecule has 22 heavy (non-hydrogen) atoms. The SMILES string of the molecule is CCC=CCC=CCCCC=CCCCCCCCC(=O)O.